The van der Waals surface area contributed by atoms with Crippen molar-refractivity contribution < 1.29 is 4.39 Å². The number of rotatable bonds is 2. The van der Waals surface area contributed by atoms with Crippen LogP contribution in [0.2, 0.25) is 0 Å². The van der Waals surface area contributed by atoms with Gasteiger partial charge in [0, 0.05) is 23.3 Å². The topological polar surface area (TPSA) is 51.8 Å². The summed E-state index contributed by atoms with van der Waals surface area (Å²) in [5.74, 6) is -0.392. The normalized spacial score (nSPS) is 12.5. The summed E-state index contributed by atoms with van der Waals surface area (Å²) in [5, 5.41) is 1.04. The molecule has 94 valence electrons. The maximum atomic E-state index is 13.7. The minimum atomic E-state index is -0.519. The molecule has 1 aromatic carbocycles. The predicted molar refractivity (Wildman–Crippen MR) is 72.0 cm³/mol. The van der Waals surface area contributed by atoms with Crippen molar-refractivity contribution in [3.05, 3.63) is 71.9 Å². The van der Waals surface area contributed by atoms with E-state index in [9.17, 15) is 4.39 Å². The Bertz CT molecular complexity index is 727. The minimum absolute atomic E-state index is 0.392. The average Bonchev–Trinajstić information content (AvgIpc) is 2.46. The monoisotopic (exact) mass is 253 g/mol. The van der Waals surface area contributed by atoms with Crippen molar-refractivity contribution in [3.8, 4) is 0 Å². The molecular weight excluding hydrogens is 241 g/mol. The molecule has 0 aliphatic heterocycles. The van der Waals surface area contributed by atoms with Crippen molar-refractivity contribution in [2.45, 2.75) is 6.04 Å². The lowest BCUT2D eigenvalue weighted by atomic mass is 9.99. The Labute approximate surface area is 109 Å². The minimum Gasteiger partial charge on any atom is -0.320 e. The van der Waals surface area contributed by atoms with E-state index in [2.05, 4.69) is 9.97 Å². The van der Waals surface area contributed by atoms with E-state index in [0.717, 1.165) is 16.5 Å². The average molecular weight is 253 g/mol. The molecule has 1 atom stereocenters. The van der Waals surface area contributed by atoms with Crippen LogP contribution in [-0.4, -0.2) is 9.97 Å². The number of pyridine rings is 2. The zero-order valence-corrected chi connectivity index (χ0v) is 10.1. The summed E-state index contributed by atoms with van der Waals surface area (Å²) in [6.07, 6.45) is 4.44. The highest BCUT2D eigenvalue weighted by Crippen LogP contribution is 2.24. The maximum Gasteiger partial charge on any atom is 0.146 e. The zero-order valence-electron chi connectivity index (χ0n) is 10.1. The highest BCUT2D eigenvalue weighted by molar-refractivity contribution is 5.79. The molecule has 0 saturated heterocycles. The molecule has 0 spiro atoms. The summed E-state index contributed by atoms with van der Waals surface area (Å²) in [5.41, 5.74) is 8.23. The number of hydrogen-bond acceptors (Lipinski definition) is 3. The van der Waals surface area contributed by atoms with Gasteiger partial charge >= 0.3 is 0 Å². The van der Waals surface area contributed by atoms with Crippen LogP contribution in [0.25, 0.3) is 10.9 Å². The van der Waals surface area contributed by atoms with Gasteiger partial charge in [0.1, 0.15) is 5.82 Å². The molecular formula is C15H12FN3. The van der Waals surface area contributed by atoms with Gasteiger partial charge in [-0.2, -0.15) is 0 Å². The first-order valence-electron chi connectivity index (χ1n) is 5.95. The van der Waals surface area contributed by atoms with Gasteiger partial charge in [-0.3, -0.25) is 9.97 Å². The smallest absolute Gasteiger partial charge is 0.146 e. The molecule has 2 N–H and O–H groups in total. The summed E-state index contributed by atoms with van der Waals surface area (Å²) in [6.45, 7) is 0. The quantitative estimate of drug-likeness (QED) is 0.764. The van der Waals surface area contributed by atoms with E-state index in [1.165, 1.54) is 12.4 Å². The van der Waals surface area contributed by atoms with Gasteiger partial charge in [-0.05, 0) is 23.8 Å². The molecule has 0 bridgehead atoms. The number of benzene rings is 1. The van der Waals surface area contributed by atoms with E-state index >= 15 is 0 Å². The van der Waals surface area contributed by atoms with Crippen LogP contribution in [0, 0.1) is 5.82 Å². The molecule has 19 heavy (non-hydrogen) atoms. The van der Waals surface area contributed by atoms with E-state index in [-0.39, 0.29) is 0 Å². The maximum absolute atomic E-state index is 13.7. The summed E-state index contributed by atoms with van der Waals surface area (Å²) >= 11 is 0. The van der Waals surface area contributed by atoms with Gasteiger partial charge in [-0.1, -0.05) is 18.2 Å². The number of nitrogens with two attached hydrogens (primary N) is 1. The van der Waals surface area contributed by atoms with E-state index in [1.807, 2.05) is 30.3 Å². The Balaban J connectivity index is 2.07. The highest BCUT2D eigenvalue weighted by atomic mass is 19.1. The fourth-order valence-corrected chi connectivity index (χ4v) is 2.09. The molecule has 0 radical (unpaired) electrons. The lowest BCUT2D eigenvalue weighted by molar-refractivity contribution is 0.593. The number of hydrogen-bond donors (Lipinski definition) is 1. The lowest BCUT2D eigenvalue weighted by Gasteiger charge is -2.13. The first kappa shape index (κ1) is 11.7. The van der Waals surface area contributed by atoms with Gasteiger partial charge in [0.2, 0.25) is 0 Å². The Hall–Kier alpha value is -2.33. The predicted octanol–water partition coefficient (Wildman–Crippen LogP) is 2.82. The Kier molecular flexibility index (Phi) is 2.93. The molecule has 3 rings (SSSR count). The van der Waals surface area contributed by atoms with Crippen LogP contribution in [0.4, 0.5) is 4.39 Å². The molecule has 0 amide bonds. The highest BCUT2D eigenvalue weighted by Gasteiger charge is 2.13. The van der Waals surface area contributed by atoms with E-state index < -0.39 is 11.9 Å². The largest absolute Gasteiger partial charge is 0.320 e. The Morgan fingerprint density at radius 1 is 1.11 bits per heavy atom. The van der Waals surface area contributed by atoms with E-state index in [0.29, 0.717) is 5.56 Å². The number of halogens is 1. The zero-order chi connectivity index (χ0) is 13.2. The molecule has 3 aromatic rings. The molecule has 4 heteroatoms. The van der Waals surface area contributed by atoms with Crippen LogP contribution >= 0.6 is 0 Å². The van der Waals surface area contributed by atoms with Crippen molar-refractivity contribution >= 4 is 10.9 Å². The molecule has 1 unspecified atom stereocenters. The van der Waals surface area contributed by atoms with Crippen LogP contribution in [0.5, 0.6) is 0 Å². The molecule has 3 nitrogen and oxygen atoms in total. The van der Waals surface area contributed by atoms with Gasteiger partial charge < -0.3 is 5.73 Å². The molecule has 0 fully saturated rings. The molecule has 2 aromatic heterocycles. The van der Waals surface area contributed by atoms with Gasteiger partial charge in [0.15, 0.2) is 0 Å². The van der Waals surface area contributed by atoms with Crippen molar-refractivity contribution in [3.63, 3.8) is 0 Å². The molecule has 0 aliphatic carbocycles. The van der Waals surface area contributed by atoms with Crippen LogP contribution in [-0.2, 0) is 0 Å². The van der Waals surface area contributed by atoms with Crippen LogP contribution < -0.4 is 5.73 Å². The fourth-order valence-electron chi connectivity index (χ4n) is 2.09. The SMILES string of the molecule is NC(c1ccc2cccnc2c1)c1ccncc1F. The molecule has 0 saturated carbocycles. The fraction of sp³-hybridized carbons (Fsp3) is 0.0667. The third kappa shape index (κ3) is 2.18. The summed E-state index contributed by atoms with van der Waals surface area (Å²) < 4.78 is 13.7. The van der Waals surface area contributed by atoms with Gasteiger partial charge in [0.05, 0.1) is 17.8 Å². The number of fused-ring (bicyclic) bond motifs is 1. The summed E-state index contributed by atoms with van der Waals surface area (Å²) in [6, 6.07) is 10.7. The van der Waals surface area contributed by atoms with Crippen molar-refractivity contribution in [1.29, 1.82) is 0 Å². The third-order valence-electron chi connectivity index (χ3n) is 3.13. The first-order valence-corrected chi connectivity index (χ1v) is 5.95. The second-order valence-electron chi connectivity index (χ2n) is 4.33. The third-order valence-corrected chi connectivity index (χ3v) is 3.13. The molecule has 0 aliphatic rings. The van der Waals surface area contributed by atoms with Crippen molar-refractivity contribution in [2.75, 3.05) is 0 Å². The lowest BCUT2D eigenvalue weighted by Crippen LogP contribution is -2.13. The van der Waals surface area contributed by atoms with Crippen molar-refractivity contribution in [2.24, 2.45) is 5.73 Å². The Morgan fingerprint density at radius 3 is 2.84 bits per heavy atom. The van der Waals surface area contributed by atoms with Crippen LogP contribution in [0.15, 0.2) is 55.0 Å². The van der Waals surface area contributed by atoms with E-state index in [4.69, 9.17) is 5.73 Å². The summed E-state index contributed by atoms with van der Waals surface area (Å²) in [7, 11) is 0. The molecule has 2 heterocycles. The number of nitrogens with zero attached hydrogens (tertiary/aromatic N) is 2. The van der Waals surface area contributed by atoms with Crippen molar-refractivity contribution in [1.82, 2.24) is 9.97 Å². The summed E-state index contributed by atoms with van der Waals surface area (Å²) in [4.78, 5) is 8.01. The van der Waals surface area contributed by atoms with Gasteiger partial charge in [0.25, 0.3) is 0 Å². The second-order valence-corrected chi connectivity index (χ2v) is 4.33. The second kappa shape index (κ2) is 4.74. The van der Waals surface area contributed by atoms with Crippen LogP contribution in [0.1, 0.15) is 17.2 Å². The number of aromatic nitrogens is 2. The Morgan fingerprint density at radius 2 is 2.00 bits per heavy atom. The van der Waals surface area contributed by atoms with Crippen LogP contribution in [0.3, 0.4) is 0 Å². The van der Waals surface area contributed by atoms with Gasteiger partial charge in [-0.25, -0.2) is 4.39 Å². The van der Waals surface area contributed by atoms with E-state index in [1.54, 1.807) is 12.3 Å². The standard InChI is InChI=1S/C15H12FN3/c16-13-9-18-7-5-12(13)15(17)11-4-3-10-2-1-6-19-14(10)8-11/h1-9,15H,17H2. The first-order chi connectivity index (χ1) is 9.25. The van der Waals surface area contributed by atoms with Gasteiger partial charge in [-0.15, -0.1) is 0 Å².